The highest BCUT2D eigenvalue weighted by Gasteiger charge is 2.62. The molecule has 1 amide bonds. The van der Waals surface area contributed by atoms with Crippen molar-refractivity contribution in [3.8, 4) is 0 Å². The maximum atomic E-state index is 12.9. The predicted octanol–water partition coefficient (Wildman–Crippen LogP) is 0.894. The number of carbonyl (C=O) groups is 2. The van der Waals surface area contributed by atoms with E-state index in [1.807, 2.05) is 7.05 Å². The molecule has 0 aromatic carbocycles. The van der Waals surface area contributed by atoms with Gasteiger partial charge in [0.15, 0.2) is 0 Å². The molecule has 4 bridgehead atoms. The molecule has 5 fully saturated rings. The number of primary amides is 1. The summed E-state index contributed by atoms with van der Waals surface area (Å²) < 4.78 is 6.08. The van der Waals surface area contributed by atoms with Crippen LogP contribution in [0.4, 0.5) is 0 Å². The van der Waals surface area contributed by atoms with Crippen LogP contribution in [0.5, 0.6) is 0 Å². The first-order chi connectivity index (χ1) is 12.0. The standard InChI is InChI=1S/C19H31N3O3/c1-21-4-6-22-5-2-3-15(22)17(23)25-16-14-8-12-7-13(9-14)11-19(16,10-12)18(20)24/h12-16,21H,2-11H2,1H3,(H2,20,24). The van der Waals surface area contributed by atoms with Gasteiger partial charge in [0.1, 0.15) is 12.1 Å². The van der Waals surface area contributed by atoms with Crippen LogP contribution >= 0.6 is 0 Å². The Morgan fingerprint density at radius 1 is 1.24 bits per heavy atom. The average Bonchev–Trinajstić information content (AvgIpc) is 3.04. The Kier molecular flexibility index (Phi) is 4.52. The van der Waals surface area contributed by atoms with Gasteiger partial charge in [0.25, 0.3) is 0 Å². The van der Waals surface area contributed by atoms with Gasteiger partial charge in [-0.25, -0.2) is 0 Å². The van der Waals surface area contributed by atoms with Gasteiger partial charge in [-0.1, -0.05) is 0 Å². The largest absolute Gasteiger partial charge is 0.460 e. The van der Waals surface area contributed by atoms with Gasteiger partial charge in [-0.2, -0.15) is 0 Å². The molecule has 6 nitrogen and oxygen atoms in total. The van der Waals surface area contributed by atoms with Crippen LogP contribution in [0, 0.1) is 23.2 Å². The fourth-order valence-corrected chi connectivity index (χ4v) is 6.36. The molecule has 3 N–H and O–H groups in total. The maximum absolute atomic E-state index is 12.9. The number of nitrogens with one attached hydrogen (secondary N) is 1. The average molecular weight is 349 g/mol. The van der Waals surface area contributed by atoms with Crippen molar-refractivity contribution in [3.05, 3.63) is 0 Å². The lowest BCUT2D eigenvalue weighted by atomic mass is 9.48. The van der Waals surface area contributed by atoms with E-state index in [1.165, 1.54) is 6.42 Å². The van der Waals surface area contributed by atoms with Gasteiger partial charge in [-0.15, -0.1) is 0 Å². The predicted molar refractivity (Wildman–Crippen MR) is 93.6 cm³/mol. The zero-order valence-corrected chi connectivity index (χ0v) is 15.2. The Labute approximate surface area is 149 Å². The molecule has 5 rings (SSSR count). The van der Waals surface area contributed by atoms with Gasteiger partial charge in [-0.05, 0) is 76.3 Å². The van der Waals surface area contributed by atoms with E-state index in [9.17, 15) is 9.59 Å². The topological polar surface area (TPSA) is 84.7 Å². The second-order valence-corrected chi connectivity index (χ2v) is 8.78. The molecule has 0 radical (unpaired) electrons. The summed E-state index contributed by atoms with van der Waals surface area (Å²) in [6.45, 7) is 2.67. The Bertz CT molecular complexity index is 538. The molecule has 5 aliphatic rings. The first kappa shape index (κ1) is 17.3. The normalized spacial score (nSPS) is 42.7. The molecule has 6 heteroatoms. The lowest BCUT2D eigenvalue weighted by molar-refractivity contribution is -0.198. The third-order valence-electron chi connectivity index (χ3n) is 7.24. The molecule has 0 aromatic rings. The van der Waals surface area contributed by atoms with Crippen molar-refractivity contribution < 1.29 is 14.3 Å². The summed E-state index contributed by atoms with van der Waals surface area (Å²) in [6.07, 6.45) is 6.65. The van der Waals surface area contributed by atoms with Gasteiger partial charge in [0, 0.05) is 13.1 Å². The van der Waals surface area contributed by atoms with Gasteiger partial charge in [0.05, 0.1) is 5.41 Å². The molecule has 1 heterocycles. The Balaban J connectivity index is 1.49. The molecule has 4 aliphatic carbocycles. The number of nitrogens with two attached hydrogens (primary N) is 1. The summed E-state index contributed by atoms with van der Waals surface area (Å²) in [4.78, 5) is 27.5. The monoisotopic (exact) mass is 349 g/mol. The molecular weight excluding hydrogens is 318 g/mol. The molecular formula is C19H31N3O3. The number of carbonyl (C=O) groups excluding carboxylic acids is 2. The zero-order chi connectivity index (χ0) is 17.6. The number of amides is 1. The fraction of sp³-hybridized carbons (Fsp3) is 0.895. The van der Waals surface area contributed by atoms with Crippen LogP contribution in [0.2, 0.25) is 0 Å². The first-order valence-electron chi connectivity index (χ1n) is 9.92. The van der Waals surface area contributed by atoms with Crippen LogP contribution in [0.1, 0.15) is 44.9 Å². The first-order valence-corrected chi connectivity index (χ1v) is 9.92. The van der Waals surface area contributed by atoms with Crippen LogP contribution in [0.25, 0.3) is 0 Å². The van der Waals surface area contributed by atoms with Gasteiger partial charge in [0.2, 0.25) is 5.91 Å². The third kappa shape index (κ3) is 2.87. The fourth-order valence-electron chi connectivity index (χ4n) is 6.36. The van der Waals surface area contributed by atoms with Crippen LogP contribution in [0.15, 0.2) is 0 Å². The number of esters is 1. The Hall–Kier alpha value is -1.14. The highest BCUT2D eigenvalue weighted by molar-refractivity contribution is 5.83. The third-order valence-corrected chi connectivity index (χ3v) is 7.24. The highest BCUT2D eigenvalue weighted by Crippen LogP contribution is 2.61. The van der Waals surface area contributed by atoms with Gasteiger partial charge >= 0.3 is 5.97 Å². The van der Waals surface area contributed by atoms with Crippen LogP contribution < -0.4 is 11.1 Å². The summed E-state index contributed by atoms with van der Waals surface area (Å²) >= 11 is 0. The lowest BCUT2D eigenvalue weighted by Gasteiger charge is -2.58. The van der Waals surface area contributed by atoms with E-state index < -0.39 is 5.41 Å². The second-order valence-electron chi connectivity index (χ2n) is 8.78. The molecule has 25 heavy (non-hydrogen) atoms. The second kappa shape index (κ2) is 6.54. The van der Waals surface area contributed by atoms with Crippen molar-refractivity contribution in [1.29, 1.82) is 0 Å². The maximum Gasteiger partial charge on any atom is 0.323 e. The number of likely N-dealkylation sites (N-methyl/N-ethyl adjacent to an activating group) is 1. The summed E-state index contributed by atoms with van der Waals surface area (Å²) in [6, 6.07) is -0.157. The number of rotatable bonds is 6. The molecule has 0 spiro atoms. The van der Waals surface area contributed by atoms with Crippen LogP contribution in [0.3, 0.4) is 0 Å². The number of hydrogen-bond acceptors (Lipinski definition) is 5. The van der Waals surface area contributed by atoms with E-state index in [2.05, 4.69) is 10.2 Å². The molecule has 0 aromatic heterocycles. The van der Waals surface area contributed by atoms with Gasteiger partial charge < -0.3 is 15.8 Å². The summed E-state index contributed by atoms with van der Waals surface area (Å²) in [5.74, 6) is 1.14. The van der Waals surface area contributed by atoms with Crippen molar-refractivity contribution in [3.63, 3.8) is 0 Å². The minimum absolute atomic E-state index is 0.133. The van der Waals surface area contributed by atoms with Crippen molar-refractivity contribution in [1.82, 2.24) is 10.2 Å². The quantitative estimate of drug-likeness (QED) is 0.696. The Morgan fingerprint density at radius 3 is 2.60 bits per heavy atom. The van der Waals surface area contributed by atoms with E-state index in [1.54, 1.807) is 0 Å². The molecule has 1 saturated heterocycles. The molecule has 4 saturated carbocycles. The summed E-state index contributed by atoms with van der Waals surface area (Å²) in [7, 11) is 1.93. The minimum atomic E-state index is -0.598. The molecule has 1 aliphatic heterocycles. The number of likely N-dealkylation sites (tertiary alicyclic amines) is 1. The van der Waals surface area contributed by atoms with E-state index in [-0.39, 0.29) is 24.0 Å². The highest BCUT2D eigenvalue weighted by atomic mass is 16.5. The van der Waals surface area contributed by atoms with E-state index in [4.69, 9.17) is 10.5 Å². The van der Waals surface area contributed by atoms with Crippen LogP contribution in [-0.4, -0.2) is 55.6 Å². The molecule has 140 valence electrons. The van der Waals surface area contributed by atoms with Crippen molar-refractivity contribution in [2.45, 2.75) is 57.1 Å². The lowest BCUT2D eigenvalue weighted by Crippen LogP contribution is -2.62. The Morgan fingerprint density at radius 2 is 1.96 bits per heavy atom. The van der Waals surface area contributed by atoms with E-state index >= 15 is 0 Å². The zero-order valence-electron chi connectivity index (χ0n) is 15.2. The van der Waals surface area contributed by atoms with Gasteiger partial charge in [-0.3, -0.25) is 14.5 Å². The summed E-state index contributed by atoms with van der Waals surface area (Å²) in [5, 5.41) is 3.14. The smallest absolute Gasteiger partial charge is 0.323 e. The van der Waals surface area contributed by atoms with Crippen molar-refractivity contribution in [2.24, 2.45) is 28.9 Å². The van der Waals surface area contributed by atoms with Crippen molar-refractivity contribution in [2.75, 3.05) is 26.7 Å². The minimum Gasteiger partial charge on any atom is -0.460 e. The van der Waals surface area contributed by atoms with Crippen LogP contribution in [-0.2, 0) is 14.3 Å². The number of nitrogens with zero attached hydrogens (tertiary/aromatic N) is 1. The van der Waals surface area contributed by atoms with Crippen molar-refractivity contribution >= 4 is 11.9 Å². The number of hydrogen-bond donors (Lipinski definition) is 2. The summed E-state index contributed by atoms with van der Waals surface area (Å²) in [5.41, 5.74) is 5.26. The van der Waals surface area contributed by atoms with E-state index in [0.29, 0.717) is 17.8 Å². The molecule has 4 unspecified atom stereocenters. The SMILES string of the molecule is CNCCN1CCCC1C(=O)OC1C2CC3CC(C2)CC1(C(N)=O)C3. The number of ether oxygens (including phenoxy) is 1. The van der Waals surface area contributed by atoms with E-state index in [0.717, 1.165) is 58.2 Å². The molecule has 4 atom stereocenters.